The van der Waals surface area contributed by atoms with Crippen LogP contribution in [-0.2, 0) is 30.3 Å². The molecule has 0 spiro atoms. The molecule has 0 aliphatic carbocycles. The zero-order valence-corrected chi connectivity index (χ0v) is 31.1. The minimum Gasteiger partial charge on any atom is -0.493 e. The molecule has 4 rings (SSSR count). The number of esters is 1. The number of likely N-dealkylation sites (tertiary alicyclic amines) is 1. The van der Waals surface area contributed by atoms with Gasteiger partial charge >= 0.3 is 5.97 Å². The van der Waals surface area contributed by atoms with Gasteiger partial charge in [0.2, 0.25) is 11.7 Å². The first-order chi connectivity index (χ1) is 24.1. The Hall–Kier alpha value is -4.03. The van der Waals surface area contributed by atoms with Crippen molar-refractivity contribution in [3.8, 4) is 11.5 Å². The van der Waals surface area contributed by atoms with Gasteiger partial charge in [0.15, 0.2) is 11.5 Å². The van der Waals surface area contributed by atoms with Crippen molar-refractivity contribution in [1.29, 1.82) is 0 Å². The first kappa shape index (κ1) is 38.8. The molecule has 2 atom stereocenters. The molecule has 0 saturated carbocycles. The number of carbonyl (C=O) groups is 4. The molecular formula is C38H47N3O7S2. The van der Waals surface area contributed by atoms with Crippen LogP contribution in [0, 0.1) is 5.41 Å². The van der Waals surface area contributed by atoms with Gasteiger partial charge in [-0.25, -0.2) is 9.78 Å². The molecule has 10 nitrogen and oxygen atoms in total. The number of nitrogens with one attached hydrogen (secondary N) is 1. The number of pyridine rings is 1. The van der Waals surface area contributed by atoms with Gasteiger partial charge in [0.1, 0.15) is 17.2 Å². The summed E-state index contributed by atoms with van der Waals surface area (Å²) in [5, 5.41) is 3.86. The number of methoxy groups -OCH3 is 2. The summed E-state index contributed by atoms with van der Waals surface area (Å²) in [5.41, 5.74) is 1.42. The van der Waals surface area contributed by atoms with E-state index >= 15 is 0 Å². The standard InChI is InChI=1S/C38H47N3O7S2/c1-6-38(2,3)35(43)36(44)41-22-10-8-14-29(41)37(45)48-30(18-16-26-17-19-31(46-4)32(24-26)47-5)27-12-11-13-28(25-27)40-33(42)20-23-49-50-34-15-7-9-21-39-34/h7,9,11-13,15,17,19,21,24-25,29-30H,6,8,10,14,16,18,20,22-23H2,1-5H3,(H,40,42)/t29-,30+/m0/s1. The van der Waals surface area contributed by atoms with Gasteiger partial charge in [-0.2, -0.15) is 0 Å². The van der Waals surface area contributed by atoms with E-state index in [-0.39, 0.29) is 5.91 Å². The lowest BCUT2D eigenvalue weighted by molar-refractivity contribution is -0.164. The Morgan fingerprint density at radius 1 is 1.00 bits per heavy atom. The summed E-state index contributed by atoms with van der Waals surface area (Å²) in [6, 6.07) is 17.8. The van der Waals surface area contributed by atoms with Crippen molar-refractivity contribution >= 4 is 50.8 Å². The van der Waals surface area contributed by atoms with Crippen LogP contribution in [0.3, 0.4) is 0 Å². The number of Topliss-reactive ketones (excluding diaryl/α,β-unsaturated/α-hetero) is 1. The zero-order chi connectivity index (χ0) is 36.1. The topological polar surface area (TPSA) is 124 Å². The normalized spacial score (nSPS) is 15.1. The Morgan fingerprint density at radius 3 is 2.52 bits per heavy atom. The number of benzene rings is 2. The quantitative estimate of drug-likeness (QED) is 0.0650. The molecule has 1 aromatic heterocycles. The van der Waals surface area contributed by atoms with Gasteiger partial charge in [-0.1, -0.05) is 55.8 Å². The van der Waals surface area contributed by atoms with E-state index in [9.17, 15) is 19.2 Å². The van der Waals surface area contributed by atoms with Crippen molar-refractivity contribution in [3.05, 3.63) is 78.0 Å². The zero-order valence-electron chi connectivity index (χ0n) is 29.4. The number of anilines is 1. The fraction of sp³-hybridized carbons (Fsp3) is 0.447. The third-order valence-electron chi connectivity index (χ3n) is 8.87. The maximum atomic E-state index is 13.9. The molecule has 268 valence electrons. The average molecular weight is 722 g/mol. The molecule has 2 aromatic carbocycles. The van der Waals surface area contributed by atoms with Crippen LogP contribution in [0.5, 0.6) is 11.5 Å². The molecule has 3 aromatic rings. The van der Waals surface area contributed by atoms with Crippen LogP contribution in [0.4, 0.5) is 5.69 Å². The molecule has 1 fully saturated rings. The predicted octanol–water partition coefficient (Wildman–Crippen LogP) is 7.47. The number of ketones is 1. The summed E-state index contributed by atoms with van der Waals surface area (Å²) in [4.78, 5) is 59.0. The molecule has 0 radical (unpaired) electrons. The number of piperidine rings is 1. The Bertz CT molecular complexity index is 1620. The van der Waals surface area contributed by atoms with E-state index in [1.165, 1.54) is 15.7 Å². The van der Waals surface area contributed by atoms with Crippen molar-refractivity contribution in [3.63, 3.8) is 0 Å². The van der Waals surface area contributed by atoms with Crippen LogP contribution in [0.1, 0.15) is 76.5 Å². The molecular weight excluding hydrogens is 675 g/mol. The van der Waals surface area contributed by atoms with Gasteiger partial charge < -0.3 is 24.4 Å². The highest BCUT2D eigenvalue weighted by atomic mass is 33.1. The number of rotatable bonds is 17. The molecule has 12 heteroatoms. The number of carbonyl (C=O) groups excluding carboxylic acids is 4. The molecule has 2 heterocycles. The van der Waals surface area contributed by atoms with Gasteiger partial charge in [-0.15, -0.1) is 0 Å². The number of hydrogen-bond donors (Lipinski definition) is 1. The smallest absolute Gasteiger partial charge is 0.329 e. The molecule has 1 aliphatic rings. The van der Waals surface area contributed by atoms with E-state index in [1.807, 2.05) is 61.5 Å². The molecule has 2 amide bonds. The van der Waals surface area contributed by atoms with Gasteiger partial charge in [-0.3, -0.25) is 14.4 Å². The van der Waals surface area contributed by atoms with Crippen molar-refractivity contribution in [2.75, 3.05) is 31.8 Å². The van der Waals surface area contributed by atoms with Gasteiger partial charge in [-0.05, 0) is 96.8 Å². The monoisotopic (exact) mass is 721 g/mol. The maximum absolute atomic E-state index is 13.9. The molecule has 0 unspecified atom stereocenters. The Balaban J connectivity index is 1.50. The lowest BCUT2D eigenvalue weighted by Crippen LogP contribution is -2.53. The SMILES string of the molecule is CCC(C)(C)C(=O)C(=O)N1CCCC[C@H]1C(=O)O[C@H](CCc1ccc(OC)c(OC)c1)c1cccc(NC(=O)CCSSc2ccccn2)c1. The molecule has 0 bridgehead atoms. The van der Waals surface area contributed by atoms with Gasteiger partial charge in [0, 0.05) is 36.0 Å². The highest BCUT2D eigenvalue weighted by molar-refractivity contribution is 8.76. The second-order valence-electron chi connectivity index (χ2n) is 12.7. The summed E-state index contributed by atoms with van der Waals surface area (Å²) in [6.07, 6.45) is 4.69. The van der Waals surface area contributed by atoms with Crippen LogP contribution < -0.4 is 14.8 Å². The Labute approximate surface area is 302 Å². The Morgan fingerprint density at radius 2 is 1.80 bits per heavy atom. The van der Waals surface area contributed by atoms with Crippen molar-refractivity contribution in [2.45, 2.75) is 82.9 Å². The van der Waals surface area contributed by atoms with E-state index in [0.29, 0.717) is 73.6 Å². The highest BCUT2D eigenvalue weighted by Gasteiger charge is 2.41. The van der Waals surface area contributed by atoms with Gasteiger partial charge in [0.25, 0.3) is 5.91 Å². The predicted molar refractivity (Wildman–Crippen MR) is 197 cm³/mol. The summed E-state index contributed by atoms with van der Waals surface area (Å²) in [6.45, 7) is 5.69. The maximum Gasteiger partial charge on any atom is 0.329 e. The van der Waals surface area contributed by atoms with Gasteiger partial charge in [0.05, 0.1) is 14.2 Å². The van der Waals surface area contributed by atoms with E-state index < -0.39 is 35.2 Å². The third kappa shape index (κ3) is 10.7. The minimum atomic E-state index is -0.860. The summed E-state index contributed by atoms with van der Waals surface area (Å²) in [7, 11) is 6.24. The number of hydrogen-bond acceptors (Lipinski definition) is 10. The second-order valence-corrected chi connectivity index (χ2v) is 15.2. The Kier molecular flexibility index (Phi) is 14.6. The van der Waals surface area contributed by atoms with Crippen LogP contribution in [0.15, 0.2) is 71.9 Å². The summed E-state index contributed by atoms with van der Waals surface area (Å²) in [5.74, 6) is -0.00781. The highest BCUT2D eigenvalue weighted by Crippen LogP contribution is 2.33. The lowest BCUT2D eigenvalue weighted by Gasteiger charge is -2.36. The number of aromatic nitrogens is 1. The minimum absolute atomic E-state index is 0.133. The van der Waals surface area contributed by atoms with E-state index in [0.717, 1.165) is 17.0 Å². The fourth-order valence-electron chi connectivity index (χ4n) is 5.52. The summed E-state index contributed by atoms with van der Waals surface area (Å²) < 4.78 is 17.1. The first-order valence-electron chi connectivity index (χ1n) is 16.9. The fourth-order valence-corrected chi connectivity index (χ4v) is 7.39. The molecule has 50 heavy (non-hydrogen) atoms. The number of ether oxygens (including phenoxy) is 3. The van der Waals surface area contributed by atoms with Crippen LogP contribution in [0.25, 0.3) is 0 Å². The second kappa shape index (κ2) is 18.8. The summed E-state index contributed by atoms with van der Waals surface area (Å²) >= 11 is 0. The van der Waals surface area contributed by atoms with E-state index in [2.05, 4.69) is 10.3 Å². The first-order valence-corrected chi connectivity index (χ1v) is 19.2. The van der Waals surface area contributed by atoms with Crippen LogP contribution in [0.2, 0.25) is 0 Å². The van der Waals surface area contributed by atoms with Crippen molar-refractivity contribution in [1.82, 2.24) is 9.88 Å². The third-order valence-corrected chi connectivity index (χ3v) is 11.1. The number of aryl methyl sites for hydroxylation is 1. The molecule has 1 N–H and O–H groups in total. The largest absolute Gasteiger partial charge is 0.493 e. The van der Waals surface area contributed by atoms with E-state index in [1.54, 1.807) is 51.1 Å². The van der Waals surface area contributed by atoms with Crippen molar-refractivity contribution in [2.24, 2.45) is 5.41 Å². The molecule has 1 aliphatic heterocycles. The lowest BCUT2D eigenvalue weighted by atomic mass is 9.84. The van der Waals surface area contributed by atoms with Crippen LogP contribution in [-0.4, -0.2) is 66.0 Å². The van der Waals surface area contributed by atoms with E-state index in [4.69, 9.17) is 14.2 Å². The average Bonchev–Trinajstić information content (AvgIpc) is 3.14. The van der Waals surface area contributed by atoms with Crippen LogP contribution >= 0.6 is 21.6 Å². The van der Waals surface area contributed by atoms with Crippen molar-refractivity contribution < 1.29 is 33.4 Å². The molecule has 1 saturated heterocycles. The number of nitrogens with zero attached hydrogens (tertiary/aromatic N) is 2. The number of amides is 2.